The molecule has 2 aromatic rings. The lowest BCUT2D eigenvalue weighted by Crippen LogP contribution is -2.34. The number of rotatable bonds is 3. The van der Waals surface area contributed by atoms with E-state index in [1.165, 1.54) is 11.9 Å². The summed E-state index contributed by atoms with van der Waals surface area (Å²) in [4.78, 5) is 43.9. The normalized spacial score (nSPS) is 10.4. The largest absolute Gasteiger partial charge is 0.334 e. The van der Waals surface area contributed by atoms with Crippen LogP contribution >= 0.6 is 0 Å². The maximum Gasteiger partial charge on any atom is 0.325 e. The molecule has 0 fully saturated rings. The third-order valence-corrected chi connectivity index (χ3v) is 2.42. The van der Waals surface area contributed by atoms with Gasteiger partial charge < -0.3 is 9.88 Å². The van der Waals surface area contributed by atoms with Crippen LogP contribution in [-0.4, -0.2) is 43.0 Å². The summed E-state index contributed by atoms with van der Waals surface area (Å²) in [7, 11) is 1.51. The summed E-state index contributed by atoms with van der Waals surface area (Å²) in [6.07, 6.45) is 1.09. The summed E-state index contributed by atoms with van der Waals surface area (Å²) in [5, 5.41) is 6.55. The lowest BCUT2D eigenvalue weighted by molar-refractivity contribution is 0.0779. The van der Waals surface area contributed by atoms with Crippen LogP contribution in [0.4, 0.5) is 0 Å². The van der Waals surface area contributed by atoms with Gasteiger partial charge in [-0.3, -0.25) is 19.7 Å². The fourth-order valence-electron chi connectivity index (χ4n) is 1.52. The molecule has 9 heteroatoms. The summed E-state index contributed by atoms with van der Waals surface area (Å²) in [5.74, 6) is 0.548. The van der Waals surface area contributed by atoms with Crippen molar-refractivity contribution in [2.75, 3.05) is 7.05 Å². The maximum atomic E-state index is 12.0. The van der Waals surface area contributed by atoms with Gasteiger partial charge in [0, 0.05) is 13.2 Å². The molecule has 0 aliphatic heterocycles. The molecule has 19 heavy (non-hydrogen) atoms. The Morgan fingerprint density at radius 2 is 2.16 bits per heavy atom. The lowest BCUT2D eigenvalue weighted by atomic mass is 10.3. The molecular formula is C10H12N6O3. The maximum absolute atomic E-state index is 12.0. The first-order valence-corrected chi connectivity index (χ1v) is 5.42. The van der Waals surface area contributed by atoms with Gasteiger partial charge in [0.25, 0.3) is 11.5 Å². The molecular weight excluding hydrogens is 252 g/mol. The van der Waals surface area contributed by atoms with Crippen LogP contribution < -0.4 is 11.2 Å². The summed E-state index contributed by atoms with van der Waals surface area (Å²) in [5.41, 5.74) is -1.53. The van der Waals surface area contributed by atoms with E-state index in [-0.39, 0.29) is 12.1 Å². The number of aryl methyl sites for hydroxylation is 1. The van der Waals surface area contributed by atoms with Crippen LogP contribution in [0, 0.1) is 6.92 Å². The molecule has 0 aliphatic rings. The van der Waals surface area contributed by atoms with E-state index in [1.807, 2.05) is 4.98 Å². The first kappa shape index (κ1) is 12.7. The van der Waals surface area contributed by atoms with Gasteiger partial charge in [-0.05, 0) is 6.92 Å². The fourth-order valence-corrected chi connectivity index (χ4v) is 1.52. The molecule has 0 atom stereocenters. The molecule has 0 saturated heterocycles. The van der Waals surface area contributed by atoms with E-state index in [1.54, 1.807) is 6.92 Å². The van der Waals surface area contributed by atoms with Crippen LogP contribution in [0.2, 0.25) is 0 Å². The molecule has 0 radical (unpaired) electrons. The van der Waals surface area contributed by atoms with Gasteiger partial charge in [0.05, 0.1) is 6.54 Å². The molecule has 9 nitrogen and oxygen atoms in total. The Kier molecular flexibility index (Phi) is 3.27. The van der Waals surface area contributed by atoms with Crippen molar-refractivity contribution in [3.63, 3.8) is 0 Å². The predicted molar refractivity (Wildman–Crippen MR) is 64.6 cm³/mol. The Morgan fingerprint density at radius 3 is 2.74 bits per heavy atom. The molecule has 0 aromatic carbocycles. The van der Waals surface area contributed by atoms with Crippen molar-refractivity contribution in [2.24, 2.45) is 0 Å². The Labute approximate surface area is 106 Å². The molecule has 2 heterocycles. The molecule has 2 aromatic heterocycles. The first-order chi connectivity index (χ1) is 8.97. The highest BCUT2D eigenvalue weighted by Gasteiger charge is 2.17. The second-order valence-corrected chi connectivity index (χ2v) is 3.98. The van der Waals surface area contributed by atoms with Gasteiger partial charge in [-0.1, -0.05) is 0 Å². The van der Waals surface area contributed by atoms with Crippen LogP contribution in [0.15, 0.2) is 15.8 Å². The van der Waals surface area contributed by atoms with E-state index >= 15 is 0 Å². The monoisotopic (exact) mass is 264 g/mol. The number of nitrogens with zero attached hydrogens (tertiary/aromatic N) is 3. The highest BCUT2D eigenvalue weighted by atomic mass is 16.2. The van der Waals surface area contributed by atoms with E-state index in [4.69, 9.17) is 0 Å². The Bertz CT molecular complexity index is 712. The minimum atomic E-state index is -0.730. The molecule has 0 saturated carbocycles. The van der Waals surface area contributed by atoms with Gasteiger partial charge in [0.2, 0.25) is 0 Å². The molecule has 0 unspecified atom stereocenters. The average molecular weight is 264 g/mol. The van der Waals surface area contributed by atoms with Gasteiger partial charge in [-0.15, -0.1) is 0 Å². The third kappa shape index (κ3) is 2.76. The third-order valence-electron chi connectivity index (χ3n) is 2.42. The number of carbonyl (C=O) groups excluding carboxylic acids is 1. The van der Waals surface area contributed by atoms with Gasteiger partial charge >= 0.3 is 5.69 Å². The number of H-pyrrole nitrogens is 3. The van der Waals surface area contributed by atoms with Crippen molar-refractivity contribution in [1.82, 2.24) is 30.0 Å². The van der Waals surface area contributed by atoms with E-state index in [0.717, 1.165) is 6.20 Å². The van der Waals surface area contributed by atoms with E-state index < -0.39 is 17.2 Å². The molecule has 0 spiro atoms. The second kappa shape index (κ2) is 4.88. The number of nitrogens with one attached hydrogen (secondary N) is 3. The highest BCUT2D eigenvalue weighted by Crippen LogP contribution is 2.00. The standard InChI is InChI=1S/C10H12N6O3/c1-5-12-7(15-14-5)4-16(2)9(18)6-3-11-10(19)13-8(6)17/h3H,4H2,1-2H3,(H,12,14,15)(H2,11,13,17,19). The summed E-state index contributed by atoms with van der Waals surface area (Å²) in [6, 6.07) is 0. The average Bonchev–Trinajstić information content (AvgIpc) is 2.74. The number of hydrogen-bond donors (Lipinski definition) is 3. The number of amides is 1. The van der Waals surface area contributed by atoms with Crippen LogP contribution in [0.3, 0.4) is 0 Å². The smallest absolute Gasteiger partial charge is 0.325 e. The fraction of sp³-hybridized carbons (Fsp3) is 0.300. The zero-order valence-electron chi connectivity index (χ0n) is 10.4. The molecule has 0 bridgehead atoms. The summed E-state index contributed by atoms with van der Waals surface area (Å²) in [6.45, 7) is 1.90. The molecule has 1 amide bonds. The molecule has 2 rings (SSSR count). The number of aromatic nitrogens is 5. The van der Waals surface area contributed by atoms with Gasteiger partial charge in [-0.2, -0.15) is 5.10 Å². The minimum Gasteiger partial charge on any atom is -0.334 e. The first-order valence-electron chi connectivity index (χ1n) is 5.42. The predicted octanol–water partition coefficient (Wildman–Crippen LogP) is -1.24. The number of carbonyl (C=O) groups is 1. The molecule has 0 aliphatic carbocycles. The van der Waals surface area contributed by atoms with E-state index in [0.29, 0.717) is 11.6 Å². The molecule has 100 valence electrons. The van der Waals surface area contributed by atoms with Crippen molar-refractivity contribution in [2.45, 2.75) is 13.5 Å². The van der Waals surface area contributed by atoms with E-state index in [9.17, 15) is 14.4 Å². The number of hydrogen-bond acceptors (Lipinski definition) is 5. The Balaban J connectivity index is 2.19. The van der Waals surface area contributed by atoms with E-state index in [2.05, 4.69) is 20.2 Å². The van der Waals surface area contributed by atoms with Crippen molar-refractivity contribution < 1.29 is 4.79 Å². The van der Waals surface area contributed by atoms with Crippen molar-refractivity contribution in [3.8, 4) is 0 Å². The molecule has 3 N–H and O–H groups in total. The second-order valence-electron chi connectivity index (χ2n) is 3.98. The SMILES string of the molecule is Cc1nc(CN(C)C(=O)c2c[nH]c(=O)[nH]c2=O)n[nH]1. The Hall–Kier alpha value is -2.71. The van der Waals surface area contributed by atoms with Crippen LogP contribution in [0.25, 0.3) is 0 Å². The van der Waals surface area contributed by atoms with Crippen molar-refractivity contribution >= 4 is 5.91 Å². The van der Waals surface area contributed by atoms with Crippen LogP contribution in [0.1, 0.15) is 22.0 Å². The van der Waals surface area contributed by atoms with Gasteiger partial charge in [0.1, 0.15) is 11.4 Å². The lowest BCUT2D eigenvalue weighted by Gasteiger charge is -2.14. The van der Waals surface area contributed by atoms with Crippen LogP contribution in [0.5, 0.6) is 0 Å². The zero-order valence-corrected chi connectivity index (χ0v) is 10.4. The highest BCUT2D eigenvalue weighted by molar-refractivity contribution is 5.93. The topological polar surface area (TPSA) is 128 Å². The minimum absolute atomic E-state index is 0.144. The summed E-state index contributed by atoms with van der Waals surface area (Å²) >= 11 is 0. The zero-order chi connectivity index (χ0) is 14.0. The van der Waals surface area contributed by atoms with Gasteiger partial charge in [-0.25, -0.2) is 9.78 Å². The Morgan fingerprint density at radius 1 is 1.42 bits per heavy atom. The van der Waals surface area contributed by atoms with Gasteiger partial charge in [0.15, 0.2) is 5.82 Å². The quantitative estimate of drug-likeness (QED) is 0.639. The van der Waals surface area contributed by atoms with Crippen molar-refractivity contribution in [3.05, 3.63) is 44.2 Å². The number of aromatic amines is 3. The van der Waals surface area contributed by atoms with Crippen LogP contribution in [-0.2, 0) is 6.54 Å². The van der Waals surface area contributed by atoms with Crippen molar-refractivity contribution in [1.29, 1.82) is 0 Å². The summed E-state index contributed by atoms with van der Waals surface area (Å²) < 4.78 is 0.